The Balaban J connectivity index is 0.00000161. The number of halogens is 1. The molecule has 1 aromatic carbocycles. The van der Waals surface area contributed by atoms with Crippen LogP contribution in [0.15, 0.2) is 29.6 Å². The number of carbonyl (C=O) groups excluding carboxylic acids is 1. The third kappa shape index (κ3) is 4.19. The molecule has 2 N–H and O–H groups in total. The van der Waals surface area contributed by atoms with Crippen molar-refractivity contribution < 1.29 is 4.79 Å². The van der Waals surface area contributed by atoms with Crippen LogP contribution in [0.5, 0.6) is 0 Å². The summed E-state index contributed by atoms with van der Waals surface area (Å²) in [6, 6.07) is 8.83. The number of hydrogen-bond donors (Lipinski definition) is 2. The predicted octanol–water partition coefficient (Wildman–Crippen LogP) is 3.12. The molecule has 0 radical (unpaired) electrons. The molecule has 2 aromatic rings. The first-order chi connectivity index (χ1) is 9.83. The van der Waals surface area contributed by atoms with Crippen LogP contribution >= 0.6 is 23.7 Å². The molecule has 1 atom stereocenters. The van der Waals surface area contributed by atoms with Crippen LogP contribution in [0.25, 0.3) is 10.1 Å². The number of amides is 1. The van der Waals surface area contributed by atoms with Gasteiger partial charge in [-0.1, -0.05) is 18.2 Å². The van der Waals surface area contributed by atoms with Gasteiger partial charge in [-0.15, -0.1) is 23.7 Å². The van der Waals surface area contributed by atoms with E-state index in [9.17, 15) is 4.79 Å². The molecule has 3 nitrogen and oxygen atoms in total. The molecular weight excluding hydrogens is 304 g/mol. The zero-order valence-corrected chi connectivity index (χ0v) is 13.6. The van der Waals surface area contributed by atoms with Crippen LogP contribution in [-0.2, 0) is 11.2 Å². The molecule has 1 unspecified atom stereocenters. The van der Waals surface area contributed by atoms with E-state index in [-0.39, 0.29) is 18.3 Å². The number of rotatable bonds is 5. The van der Waals surface area contributed by atoms with E-state index < -0.39 is 0 Å². The van der Waals surface area contributed by atoms with Gasteiger partial charge >= 0.3 is 0 Å². The topological polar surface area (TPSA) is 41.1 Å². The number of fused-ring (bicyclic) bond motifs is 1. The van der Waals surface area contributed by atoms with Gasteiger partial charge in [0, 0.05) is 23.7 Å². The van der Waals surface area contributed by atoms with Crippen molar-refractivity contribution in [1.82, 2.24) is 10.6 Å². The van der Waals surface area contributed by atoms with Crippen LogP contribution in [0, 0.1) is 0 Å². The lowest BCUT2D eigenvalue weighted by molar-refractivity contribution is -0.121. The number of carbonyl (C=O) groups is 1. The Hall–Kier alpha value is -1.10. The van der Waals surface area contributed by atoms with Gasteiger partial charge in [-0.3, -0.25) is 4.79 Å². The third-order valence-corrected chi connectivity index (χ3v) is 4.88. The van der Waals surface area contributed by atoms with Crippen molar-refractivity contribution in [3.8, 4) is 0 Å². The quantitative estimate of drug-likeness (QED) is 0.887. The highest BCUT2D eigenvalue weighted by Gasteiger charge is 2.17. The molecular formula is C16H21ClN2OS. The van der Waals surface area contributed by atoms with Gasteiger partial charge in [0.25, 0.3) is 0 Å². The predicted molar refractivity (Wildman–Crippen MR) is 91.4 cm³/mol. The Morgan fingerprint density at radius 1 is 1.38 bits per heavy atom. The molecule has 1 amide bonds. The summed E-state index contributed by atoms with van der Waals surface area (Å²) in [5.41, 5.74) is 1.34. The summed E-state index contributed by atoms with van der Waals surface area (Å²) in [7, 11) is 0. The zero-order valence-electron chi connectivity index (χ0n) is 11.9. The standard InChI is InChI=1S/C16H20N2OS.ClH/c19-16(10-13-4-3-8-17-13)18-9-7-12-11-20-15-6-2-1-5-14(12)15;/h1-2,5-6,11,13,17H,3-4,7-10H2,(H,18,19);1H. The van der Waals surface area contributed by atoms with Gasteiger partial charge in [0.15, 0.2) is 0 Å². The summed E-state index contributed by atoms with van der Waals surface area (Å²) in [5, 5.41) is 9.92. The van der Waals surface area contributed by atoms with E-state index in [4.69, 9.17) is 0 Å². The molecule has 21 heavy (non-hydrogen) atoms. The summed E-state index contributed by atoms with van der Waals surface area (Å²) in [5.74, 6) is 0.170. The monoisotopic (exact) mass is 324 g/mol. The molecule has 1 aromatic heterocycles. The Morgan fingerprint density at radius 3 is 3.05 bits per heavy atom. The van der Waals surface area contributed by atoms with Gasteiger partial charge in [0.1, 0.15) is 0 Å². The van der Waals surface area contributed by atoms with Crippen molar-refractivity contribution in [3.63, 3.8) is 0 Å². The fourth-order valence-corrected chi connectivity index (χ4v) is 3.79. The van der Waals surface area contributed by atoms with Crippen molar-refractivity contribution in [2.24, 2.45) is 0 Å². The number of nitrogens with one attached hydrogen (secondary N) is 2. The minimum absolute atomic E-state index is 0. The largest absolute Gasteiger partial charge is 0.356 e. The number of thiophene rings is 1. The molecule has 0 saturated carbocycles. The summed E-state index contributed by atoms with van der Waals surface area (Å²) >= 11 is 1.78. The maximum Gasteiger partial charge on any atom is 0.221 e. The molecule has 3 rings (SSSR count). The van der Waals surface area contributed by atoms with Crippen LogP contribution in [-0.4, -0.2) is 25.0 Å². The molecule has 1 aliphatic heterocycles. The van der Waals surface area contributed by atoms with Crippen LogP contribution < -0.4 is 10.6 Å². The molecule has 1 fully saturated rings. The second-order valence-electron chi connectivity index (χ2n) is 5.35. The molecule has 114 valence electrons. The van der Waals surface area contributed by atoms with E-state index in [0.717, 1.165) is 25.9 Å². The highest BCUT2D eigenvalue weighted by Crippen LogP contribution is 2.25. The minimum atomic E-state index is 0. The fraction of sp³-hybridized carbons (Fsp3) is 0.438. The third-order valence-electron chi connectivity index (χ3n) is 3.87. The van der Waals surface area contributed by atoms with Crippen molar-refractivity contribution in [2.45, 2.75) is 31.7 Å². The molecule has 0 aliphatic carbocycles. The van der Waals surface area contributed by atoms with Crippen LogP contribution in [0.3, 0.4) is 0 Å². The lowest BCUT2D eigenvalue weighted by atomic mass is 10.1. The second kappa shape index (κ2) is 7.78. The summed E-state index contributed by atoms with van der Waals surface area (Å²) < 4.78 is 1.32. The first kappa shape index (κ1) is 16.3. The van der Waals surface area contributed by atoms with Crippen molar-refractivity contribution >= 4 is 39.7 Å². The minimum Gasteiger partial charge on any atom is -0.356 e. The van der Waals surface area contributed by atoms with Gasteiger partial charge in [-0.05, 0) is 48.2 Å². The lowest BCUT2D eigenvalue weighted by Gasteiger charge is -2.10. The second-order valence-corrected chi connectivity index (χ2v) is 6.27. The van der Waals surface area contributed by atoms with Crippen LogP contribution in [0.2, 0.25) is 0 Å². The summed E-state index contributed by atoms with van der Waals surface area (Å²) in [4.78, 5) is 11.8. The Bertz CT molecular complexity index is 593. The SMILES string of the molecule is Cl.O=C(CC1CCCN1)NCCc1csc2ccccc12. The van der Waals surface area contributed by atoms with Gasteiger partial charge in [-0.2, -0.15) is 0 Å². The van der Waals surface area contributed by atoms with Crippen LogP contribution in [0.4, 0.5) is 0 Å². The lowest BCUT2D eigenvalue weighted by Crippen LogP contribution is -2.32. The Morgan fingerprint density at radius 2 is 2.24 bits per heavy atom. The molecule has 1 aliphatic rings. The van der Waals surface area contributed by atoms with Crippen LogP contribution in [0.1, 0.15) is 24.8 Å². The molecule has 1 saturated heterocycles. The van der Waals surface area contributed by atoms with E-state index in [1.807, 2.05) is 0 Å². The number of benzene rings is 1. The fourth-order valence-electron chi connectivity index (χ4n) is 2.79. The first-order valence-electron chi connectivity index (χ1n) is 7.28. The van der Waals surface area contributed by atoms with Crippen molar-refractivity contribution in [2.75, 3.05) is 13.1 Å². The van der Waals surface area contributed by atoms with E-state index in [2.05, 4.69) is 40.3 Å². The molecule has 0 spiro atoms. The van der Waals surface area contributed by atoms with Crippen molar-refractivity contribution in [3.05, 3.63) is 35.2 Å². The first-order valence-corrected chi connectivity index (χ1v) is 8.16. The summed E-state index contributed by atoms with van der Waals surface area (Å²) in [6.07, 6.45) is 3.85. The average Bonchev–Trinajstić information content (AvgIpc) is 3.09. The Labute approximate surface area is 135 Å². The molecule has 2 heterocycles. The van der Waals surface area contributed by atoms with E-state index in [1.54, 1.807) is 11.3 Å². The number of hydrogen-bond acceptors (Lipinski definition) is 3. The van der Waals surface area contributed by atoms with E-state index >= 15 is 0 Å². The normalized spacial score (nSPS) is 17.6. The van der Waals surface area contributed by atoms with Gasteiger partial charge < -0.3 is 10.6 Å². The van der Waals surface area contributed by atoms with E-state index in [0.29, 0.717) is 12.5 Å². The van der Waals surface area contributed by atoms with Crippen molar-refractivity contribution in [1.29, 1.82) is 0 Å². The Kier molecular flexibility index (Phi) is 6.03. The average molecular weight is 325 g/mol. The van der Waals surface area contributed by atoms with Gasteiger partial charge in [-0.25, -0.2) is 0 Å². The van der Waals surface area contributed by atoms with Gasteiger partial charge in [0.05, 0.1) is 0 Å². The maximum absolute atomic E-state index is 11.8. The zero-order chi connectivity index (χ0) is 13.8. The maximum atomic E-state index is 11.8. The molecule has 0 bridgehead atoms. The highest BCUT2D eigenvalue weighted by molar-refractivity contribution is 7.17. The molecule has 5 heteroatoms. The van der Waals surface area contributed by atoms with Gasteiger partial charge in [0.2, 0.25) is 5.91 Å². The highest BCUT2D eigenvalue weighted by atomic mass is 35.5. The van der Waals surface area contributed by atoms with E-state index in [1.165, 1.54) is 22.1 Å². The smallest absolute Gasteiger partial charge is 0.221 e. The summed E-state index contributed by atoms with van der Waals surface area (Å²) in [6.45, 7) is 1.78.